The van der Waals surface area contributed by atoms with Crippen molar-refractivity contribution in [2.75, 3.05) is 19.6 Å². The summed E-state index contributed by atoms with van der Waals surface area (Å²) in [4.78, 5) is 14.3. The van der Waals surface area contributed by atoms with E-state index in [-0.39, 0.29) is 5.91 Å². The molecular weight excluding hydrogens is 312 g/mol. The van der Waals surface area contributed by atoms with E-state index in [9.17, 15) is 9.90 Å². The van der Waals surface area contributed by atoms with Gasteiger partial charge in [0.1, 0.15) is 0 Å². The van der Waals surface area contributed by atoms with Gasteiger partial charge in [0, 0.05) is 32.6 Å². The largest absolute Gasteiger partial charge is 0.390 e. The monoisotopic (exact) mass is 344 g/mol. The number of amides is 1. The molecule has 1 aliphatic heterocycles. The molecule has 138 valence electrons. The number of aliphatic hydroxyl groups is 1. The summed E-state index contributed by atoms with van der Waals surface area (Å²) in [6, 6.07) is 8.52. The summed E-state index contributed by atoms with van der Waals surface area (Å²) < 4.78 is 0. The fourth-order valence-corrected chi connectivity index (χ4v) is 4.20. The molecule has 1 fully saturated rings. The van der Waals surface area contributed by atoms with E-state index in [2.05, 4.69) is 34.5 Å². The predicted octanol–water partition coefficient (Wildman–Crippen LogP) is 2.88. The van der Waals surface area contributed by atoms with Crippen LogP contribution in [0.5, 0.6) is 0 Å². The van der Waals surface area contributed by atoms with Gasteiger partial charge in [-0.15, -0.1) is 0 Å². The van der Waals surface area contributed by atoms with Gasteiger partial charge in [-0.3, -0.25) is 9.69 Å². The number of rotatable bonds is 7. The van der Waals surface area contributed by atoms with Gasteiger partial charge in [-0.2, -0.15) is 0 Å². The molecule has 2 N–H and O–H groups in total. The maximum Gasteiger partial charge on any atom is 0.220 e. The first kappa shape index (κ1) is 18.4. The van der Waals surface area contributed by atoms with Crippen LogP contribution in [-0.2, 0) is 17.8 Å². The second kappa shape index (κ2) is 9.35. The van der Waals surface area contributed by atoms with Crippen molar-refractivity contribution >= 4 is 5.91 Å². The van der Waals surface area contributed by atoms with E-state index >= 15 is 0 Å². The van der Waals surface area contributed by atoms with Crippen molar-refractivity contribution < 1.29 is 9.90 Å². The fourth-order valence-electron chi connectivity index (χ4n) is 4.20. The predicted molar refractivity (Wildman–Crippen MR) is 100 cm³/mol. The first-order valence-corrected chi connectivity index (χ1v) is 9.94. The van der Waals surface area contributed by atoms with Gasteiger partial charge in [-0.25, -0.2) is 0 Å². The van der Waals surface area contributed by atoms with Crippen LogP contribution in [0.2, 0.25) is 0 Å². The standard InChI is InChI=1S/C21H32N2O2/c24-20(14-22-21(25)11-10-17-6-2-1-3-7-17)16-23-13-12-18-8-4-5-9-19(18)15-23/h4-5,8-9,17,20,24H,1-3,6-7,10-16H2,(H,22,25)/t20-/m1/s1. The summed E-state index contributed by atoms with van der Waals surface area (Å²) >= 11 is 0. The Morgan fingerprint density at radius 3 is 2.76 bits per heavy atom. The van der Waals surface area contributed by atoms with E-state index in [1.807, 2.05) is 0 Å². The summed E-state index contributed by atoms with van der Waals surface area (Å²) in [6.45, 7) is 2.85. The lowest BCUT2D eigenvalue weighted by Gasteiger charge is -2.30. The minimum atomic E-state index is -0.496. The average Bonchev–Trinajstić information content (AvgIpc) is 2.65. The Morgan fingerprint density at radius 2 is 1.96 bits per heavy atom. The number of hydrogen-bond donors (Lipinski definition) is 2. The van der Waals surface area contributed by atoms with Crippen molar-refractivity contribution in [3.05, 3.63) is 35.4 Å². The summed E-state index contributed by atoms with van der Waals surface area (Å²) in [5.41, 5.74) is 2.78. The number of nitrogens with one attached hydrogen (secondary N) is 1. The molecule has 0 radical (unpaired) electrons. The highest BCUT2D eigenvalue weighted by Gasteiger charge is 2.19. The lowest BCUT2D eigenvalue weighted by Crippen LogP contribution is -2.42. The van der Waals surface area contributed by atoms with Crippen LogP contribution in [0.3, 0.4) is 0 Å². The molecule has 1 saturated carbocycles. The highest BCUT2D eigenvalue weighted by atomic mass is 16.3. The van der Waals surface area contributed by atoms with Crippen LogP contribution in [0, 0.1) is 5.92 Å². The minimum Gasteiger partial charge on any atom is -0.390 e. The minimum absolute atomic E-state index is 0.0913. The Morgan fingerprint density at radius 1 is 1.20 bits per heavy atom. The molecule has 0 unspecified atom stereocenters. The highest BCUT2D eigenvalue weighted by Crippen LogP contribution is 2.27. The summed E-state index contributed by atoms with van der Waals surface area (Å²) in [7, 11) is 0. The fraction of sp³-hybridized carbons (Fsp3) is 0.667. The van der Waals surface area contributed by atoms with Crippen molar-refractivity contribution in [3.63, 3.8) is 0 Å². The third-order valence-corrected chi connectivity index (χ3v) is 5.72. The van der Waals surface area contributed by atoms with Crippen LogP contribution in [-0.4, -0.2) is 41.7 Å². The van der Waals surface area contributed by atoms with Crippen LogP contribution in [0.4, 0.5) is 0 Å². The van der Waals surface area contributed by atoms with Gasteiger partial charge in [0.25, 0.3) is 0 Å². The Balaban J connectivity index is 1.32. The number of carbonyl (C=O) groups excluding carboxylic acids is 1. The first-order valence-electron chi connectivity index (χ1n) is 9.94. The topological polar surface area (TPSA) is 52.6 Å². The quantitative estimate of drug-likeness (QED) is 0.800. The van der Waals surface area contributed by atoms with Gasteiger partial charge in [0.05, 0.1) is 6.10 Å². The zero-order valence-corrected chi connectivity index (χ0v) is 15.3. The van der Waals surface area contributed by atoms with Gasteiger partial charge in [0.15, 0.2) is 0 Å². The van der Waals surface area contributed by atoms with E-state index in [4.69, 9.17) is 0 Å². The molecule has 25 heavy (non-hydrogen) atoms. The summed E-state index contributed by atoms with van der Waals surface area (Å²) in [5, 5.41) is 13.2. The summed E-state index contributed by atoms with van der Waals surface area (Å²) in [6.07, 6.45) is 8.72. The van der Waals surface area contributed by atoms with Crippen LogP contribution < -0.4 is 5.32 Å². The van der Waals surface area contributed by atoms with Crippen molar-refractivity contribution in [3.8, 4) is 0 Å². The molecule has 0 bridgehead atoms. The van der Waals surface area contributed by atoms with Gasteiger partial charge in [0.2, 0.25) is 5.91 Å². The van der Waals surface area contributed by atoms with Crippen molar-refractivity contribution in [1.29, 1.82) is 0 Å². The molecule has 1 aliphatic carbocycles. The normalized spacial score (nSPS) is 20.0. The molecule has 0 spiro atoms. The third-order valence-electron chi connectivity index (χ3n) is 5.72. The van der Waals surface area contributed by atoms with Crippen molar-refractivity contribution in [1.82, 2.24) is 10.2 Å². The second-order valence-electron chi connectivity index (χ2n) is 7.75. The molecule has 1 aromatic rings. The molecule has 1 aromatic carbocycles. The second-order valence-corrected chi connectivity index (χ2v) is 7.75. The molecule has 1 atom stereocenters. The molecule has 2 aliphatic rings. The molecule has 1 amide bonds. The molecule has 4 heteroatoms. The molecule has 4 nitrogen and oxygen atoms in total. The number of carbonyl (C=O) groups is 1. The number of hydrogen-bond acceptors (Lipinski definition) is 3. The van der Waals surface area contributed by atoms with E-state index in [0.717, 1.165) is 31.8 Å². The van der Waals surface area contributed by atoms with Crippen LogP contribution in [0.1, 0.15) is 56.1 Å². The van der Waals surface area contributed by atoms with Gasteiger partial charge < -0.3 is 10.4 Å². The van der Waals surface area contributed by atoms with Crippen molar-refractivity contribution in [2.24, 2.45) is 5.92 Å². The van der Waals surface area contributed by atoms with Crippen molar-refractivity contribution in [2.45, 2.75) is 64.0 Å². The molecule has 0 aromatic heterocycles. The third kappa shape index (κ3) is 5.82. The molecule has 3 rings (SSSR count). The maximum atomic E-state index is 12.0. The Hall–Kier alpha value is -1.39. The molecule has 1 heterocycles. The van der Waals surface area contributed by atoms with E-state index in [1.54, 1.807) is 0 Å². The zero-order valence-electron chi connectivity index (χ0n) is 15.3. The Labute approximate surface area is 151 Å². The van der Waals surface area contributed by atoms with E-state index in [0.29, 0.717) is 19.5 Å². The maximum absolute atomic E-state index is 12.0. The molecule has 0 saturated heterocycles. The molecular formula is C21H32N2O2. The average molecular weight is 344 g/mol. The highest BCUT2D eigenvalue weighted by molar-refractivity contribution is 5.75. The van der Waals surface area contributed by atoms with E-state index in [1.165, 1.54) is 43.2 Å². The van der Waals surface area contributed by atoms with Crippen LogP contribution >= 0.6 is 0 Å². The van der Waals surface area contributed by atoms with Crippen LogP contribution in [0.15, 0.2) is 24.3 Å². The number of aliphatic hydroxyl groups excluding tert-OH is 1. The van der Waals surface area contributed by atoms with Gasteiger partial charge in [-0.05, 0) is 29.9 Å². The smallest absolute Gasteiger partial charge is 0.220 e. The van der Waals surface area contributed by atoms with Gasteiger partial charge >= 0.3 is 0 Å². The van der Waals surface area contributed by atoms with Gasteiger partial charge in [-0.1, -0.05) is 56.4 Å². The summed E-state index contributed by atoms with van der Waals surface area (Å²) in [5.74, 6) is 0.825. The Kier molecular flexibility index (Phi) is 6.88. The number of benzene rings is 1. The Bertz CT molecular complexity index is 555. The lowest BCUT2D eigenvalue weighted by atomic mass is 9.86. The zero-order chi connectivity index (χ0) is 17.5. The lowest BCUT2D eigenvalue weighted by molar-refractivity contribution is -0.122. The number of β-amino-alcohol motifs (C(OH)–C–C–N with tert-alkyl or cyclic N) is 1. The van der Waals surface area contributed by atoms with E-state index < -0.39 is 6.10 Å². The first-order chi connectivity index (χ1) is 12.2. The van der Waals surface area contributed by atoms with Crippen LogP contribution in [0.25, 0.3) is 0 Å². The number of fused-ring (bicyclic) bond motifs is 1. The number of nitrogens with zero attached hydrogens (tertiary/aromatic N) is 1. The SMILES string of the molecule is O=C(CCC1CCCCC1)NC[C@@H](O)CN1CCc2ccccc2C1.